The molecule has 0 spiro atoms. The van der Waals surface area contributed by atoms with Gasteiger partial charge in [-0.25, -0.2) is 4.98 Å². The van der Waals surface area contributed by atoms with Gasteiger partial charge in [-0.3, -0.25) is 15.0 Å². The predicted molar refractivity (Wildman–Crippen MR) is 99.6 cm³/mol. The first kappa shape index (κ1) is 17.1. The highest BCUT2D eigenvalue weighted by atomic mass is 32.1. The summed E-state index contributed by atoms with van der Waals surface area (Å²) in [5.74, 6) is 0.674. The van der Waals surface area contributed by atoms with Crippen LogP contribution in [-0.2, 0) is 13.0 Å². The van der Waals surface area contributed by atoms with E-state index >= 15 is 0 Å². The molecule has 2 aromatic rings. The van der Waals surface area contributed by atoms with Gasteiger partial charge < -0.3 is 0 Å². The number of benzene rings is 1. The average Bonchev–Trinajstić information content (AvgIpc) is 3.02. The van der Waals surface area contributed by atoms with E-state index in [1.807, 2.05) is 24.3 Å². The SMILES string of the molecule is CCc1ccc(C(=O)Nc2nc(CN3CCC[C@H](C)C3)cs2)cc1. The highest BCUT2D eigenvalue weighted by Gasteiger charge is 2.17. The van der Waals surface area contributed by atoms with Gasteiger partial charge in [0.1, 0.15) is 0 Å². The van der Waals surface area contributed by atoms with Crippen molar-refractivity contribution in [2.75, 3.05) is 18.4 Å². The summed E-state index contributed by atoms with van der Waals surface area (Å²) >= 11 is 1.50. The van der Waals surface area contributed by atoms with Gasteiger partial charge in [-0.2, -0.15) is 0 Å². The van der Waals surface area contributed by atoms with E-state index in [9.17, 15) is 4.79 Å². The zero-order valence-corrected chi connectivity index (χ0v) is 15.2. The van der Waals surface area contributed by atoms with E-state index in [1.54, 1.807) is 0 Å². The maximum Gasteiger partial charge on any atom is 0.257 e. The number of nitrogens with zero attached hydrogens (tertiary/aromatic N) is 2. The Hall–Kier alpha value is -1.72. The maximum atomic E-state index is 12.3. The standard InChI is InChI=1S/C19H25N3OS/c1-3-15-6-8-16(9-7-15)18(23)21-19-20-17(13-24-19)12-22-10-4-5-14(2)11-22/h6-9,13-14H,3-5,10-12H2,1-2H3,(H,20,21,23)/t14-/m0/s1. The van der Waals surface area contributed by atoms with Crippen molar-refractivity contribution in [1.29, 1.82) is 0 Å². The molecule has 1 saturated heterocycles. The second-order valence-corrected chi connectivity index (χ2v) is 7.49. The normalized spacial score (nSPS) is 18.5. The van der Waals surface area contributed by atoms with Gasteiger partial charge in [0, 0.05) is 24.0 Å². The molecule has 1 N–H and O–H groups in total. The highest BCUT2D eigenvalue weighted by molar-refractivity contribution is 7.13. The van der Waals surface area contributed by atoms with Crippen LogP contribution >= 0.6 is 11.3 Å². The number of hydrogen-bond donors (Lipinski definition) is 1. The Morgan fingerprint density at radius 1 is 1.38 bits per heavy atom. The van der Waals surface area contributed by atoms with Gasteiger partial charge in [-0.05, 0) is 49.4 Å². The number of piperidine rings is 1. The first-order valence-electron chi connectivity index (χ1n) is 8.71. The fourth-order valence-corrected chi connectivity index (χ4v) is 3.85. The third-order valence-electron chi connectivity index (χ3n) is 4.52. The van der Waals surface area contributed by atoms with Gasteiger partial charge in [0.15, 0.2) is 5.13 Å². The first-order valence-corrected chi connectivity index (χ1v) is 9.59. The lowest BCUT2D eigenvalue weighted by atomic mass is 10.0. The second-order valence-electron chi connectivity index (χ2n) is 6.63. The minimum Gasteiger partial charge on any atom is -0.298 e. The average molecular weight is 343 g/mol. The van der Waals surface area contributed by atoms with Gasteiger partial charge in [0.05, 0.1) is 5.69 Å². The third kappa shape index (κ3) is 4.42. The number of carbonyl (C=O) groups is 1. The second kappa shape index (κ2) is 7.90. The van der Waals surface area contributed by atoms with Crippen LogP contribution in [0.4, 0.5) is 5.13 Å². The topological polar surface area (TPSA) is 45.2 Å². The summed E-state index contributed by atoms with van der Waals surface area (Å²) in [6.45, 7) is 7.58. The lowest BCUT2D eigenvalue weighted by Gasteiger charge is -2.30. The van der Waals surface area contributed by atoms with Crippen molar-refractivity contribution in [3.8, 4) is 0 Å². The van der Waals surface area contributed by atoms with Crippen molar-refractivity contribution in [2.45, 2.75) is 39.7 Å². The highest BCUT2D eigenvalue weighted by Crippen LogP contribution is 2.21. The van der Waals surface area contributed by atoms with Crippen LogP contribution < -0.4 is 5.32 Å². The Morgan fingerprint density at radius 3 is 2.88 bits per heavy atom. The molecular formula is C19H25N3OS. The number of hydrogen-bond acceptors (Lipinski definition) is 4. The van der Waals surface area contributed by atoms with Crippen LogP contribution in [0.3, 0.4) is 0 Å². The molecule has 2 heterocycles. The van der Waals surface area contributed by atoms with Crippen molar-refractivity contribution < 1.29 is 4.79 Å². The summed E-state index contributed by atoms with van der Waals surface area (Å²) in [6.07, 6.45) is 3.57. The van der Waals surface area contributed by atoms with Crippen LogP contribution in [0.15, 0.2) is 29.6 Å². The van der Waals surface area contributed by atoms with Gasteiger partial charge in [-0.15, -0.1) is 11.3 Å². The Balaban J connectivity index is 1.57. The van der Waals surface area contributed by atoms with Crippen molar-refractivity contribution in [3.05, 3.63) is 46.5 Å². The Bertz CT molecular complexity index is 680. The molecule has 1 aliphatic heterocycles. The molecule has 24 heavy (non-hydrogen) atoms. The summed E-state index contributed by atoms with van der Waals surface area (Å²) < 4.78 is 0. The van der Waals surface area contributed by atoms with E-state index in [4.69, 9.17) is 0 Å². The molecule has 0 saturated carbocycles. The van der Waals surface area contributed by atoms with Crippen molar-refractivity contribution in [1.82, 2.24) is 9.88 Å². The van der Waals surface area contributed by atoms with E-state index in [-0.39, 0.29) is 5.91 Å². The van der Waals surface area contributed by atoms with E-state index in [1.165, 1.54) is 29.7 Å². The fraction of sp³-hybridized carbons (Fsp3) is 0.474. The molecule has 1 aromatic heterocycles. The number of carbonyl (C=O) groups excluding carboxylic acids is 1. The van der Waals surface area contributed by atoms with Gasteiger partial charge in [0.2, 0.25) is 0 Å². The first-order chi connectivity index (χ1) is 11.6. The molecular weight excluding hydrogens is 318 g/mol. The molecule has 1 aromatic carbocycles. The third-order valence-corrected chi connectivity index (χ3v) is 5.33. The van der Waals surface area contributed by atoms with Crippen molar-refractivity contribution in [2.24, 2.45) is 5.92 Å². The van der Waals surface area contributed by atoms with E-state index in [0.717, 1.165) is 37.7 Å². The monoisotopic (exact) mass is 343 g/mol. The molecule has 128 valence electrons. The van der Waals surface area contributed by atoms with E-state index in [2.05, 4.69) is 34.4 Å². The van der Waals surface area contributed by atoms with Gasteiger partial charge in [-0.1, -0.05) is 26.0 Å². The summed E-state index contributed by atoms with van der Waals surface area (Å²) in [7, 11) is 0. The molecule has 1 amide bonds. The number of aromatic nitrogens is 1. The molecule has 0 unspecified atom stereocenters. The van der Waals surface area contributed by atoms with Crippen LogP contribution in [0.5, 0.6) is 0 Å². The smallest absolute Gasteiger partial charge is 0.257 e. The van der Waals surface area contributed by atoms with Gasteiger partial charge in [0.25, 0.3) is 5.91 Å². The molecule has 1 aliphatic rings. The van der Waals surface area contributed by atoms with Crippen molar-refractivity contribution in [3.63, 3.8) is 0 Å². The van der Waals surface area contributed by atoms with Crippen LogP contribution in [-0.4, -0.2) is 28.9 Å². The molecule has 0 aliphatic carbocycles. The summed E-state index contributed by atoms with van der Waals surface area (Å²) in [6, 6.07) is 7.75. The number of nitrogens with one attached hydrogen (secondary N) is 1. The van der Waals surface area contributed by atoms with E-state index < -0.39 is 0 Å². The fourth-order valence-electron chi connectivity index (χ4n) is 3.16. The summed E-state index contributed by atoms with van der Waals surface area (Å²) in [5, 5.41) is 5.64. The van der Waals surface area contributed by atoms with Crippen LogP contribution in [0.25, 0.3) is 0 Å². The lowest BCUT2D eigenvalue weighted by Crippen LogP contribution is -2.33. The number of thiazole rings is 1. The molecule has 4 nitrogen and oxygen atoms in total. The van der Waals surface area contributed by atoms with Crippen LogP contribution in [0.2, 0.25) is 0 Å². The summed E-state index contributed by atoms with van der Waals surface area (Å²) in [5.41, 5.74) is 2.96. The minimum absolute atomic E-state index is 0.0925. The number of aryl methyl sites for hydroxylation is 1. The van der Waals surface area contributed by atoms with Crippen LogP contribution in [0, 0.1) is 5.92 Å². The molecule has 1 atom stereocenters. The Labute approximate surface area is 147 Å². The number of rotatable bonds is 5. The lowest BCUT2D eigenvalue weighted by molar-refractivity contribution is 0.102. The quantitative estimate of drug-likeness (QED) is 0.885. The number of anilines is 1. The van der Waals surface area contributed by atoms with Crippen molar-refractivity contribution >= 4 is 22.4 Å². The summed E-state index contributed by atoms with van der Waals surface area (Å²) in [4.78, 5) is 19.3. The Kier molecular flexibility index (Phi) is 5.63. The molecule has 3 rings (SSSR count). The predicted octanol–water partition coefficient (Wildman–Crippen LogP) is 4.19. The molecule has 0 radical (unpaired) electrons. The zero-order chi connectivity index (χ0) is 16.9. The molecule has 0 bridgehead atoms. The number of likely N-dealkylation sites (tertiary alicyclic amines) is 1. The van der Waals surface area contributed by atoms with Crippen LogP contribution in [0.1, 0.15) is 48.3 Å². The molecule has 1 fully saturated rings. The minimum atomic E-state index is -0.0925. The van der Waals surface area contributed by atoms with E-state index in [0.29, 0.717) is 10.7 Å². The zero-order valence-electron chi connectivity index (χ0n) is 14.4. The van der Waals surface area contributed by atoms with Gasteiger partial charge >= 0.3 is 0 Å². The number of amides is 1. The largest absolute Gasteiger partial charge is 0.298 e. The maximum absolute atomic E-state index is 12.3. The molecule has 5 heteroatoms. The Morgan fingerprint density at radius 2 is 2.17 bits per heavy atom.